The zero-order chi connectivity index (χ0) is 13.6. The van der Waals surface area contributed by atoms with Gasteiger partial charge in [-0.05, 0) is 30.5 Å². The Morgan fingerprint density at radius 2 is 2.22 bits per heavy atom. The molecule has 1 aromatic heterocycles. The highest BCUT2D eigenvalue weighted by atomic mass is 15.1. The first-order valence-electron chi connectivity index (χ1n) is 6.33. The van der Waals surface area contributed by atoms with Crippen LogP contribution >= 0.6 is 0 Å². The third-order valence-electron chi connectivity index (χ3n) is 2.89. The molecule has 0 aliphatic heterocycles. The van der Waals surface area contributed by atoms with E-state index >= 15 is 0 Å². The fraction of sp³-hybridized carbons (Fsp3) is 0.571. The van der Waals surface area contributed by atoms with E-state index in [0.29, 0.717) is 12.2 Å². The summed E-state index contributed by atoms with van der Waals surface area (Å²) in [5.74, 6) is 0. The Morgan fingerprint density at radius 1 is 1.50 bits per heavy atom. The summed E-state index contributed by atoms with van der Waals surface area (Å²) >= 11 is 0. The monoisotopic (exact) mass is 246 g/mol. The predicted octanol–water partition coefficient (Wildman–Crippen LogP) is 2.15. The topological polar surface area (TPSA) is 65.9 Å². The molecular weight excluding hydrogens is 224 g/mol. The van der Waals surface area contributed by atoms with Crippen LogP contribution in [0.3, 0.4) is 0 Å². The minimum absolute atomic E-state index is 0.0608. The normalized spacial score (nSPS) is 11.1. The van der Waals surface area contributed by atoms with Gasteiger partial charge in [-0.1, -0.05) is 20.8 Å². The van der Waals surface area contributed by atoms with Gasteiger partial charge in [0.15, 0.2) is 0 Å². The molecule has 0 atom stereocenters. The van der Waals surface area contributed by atoms with E-state index in [1.807, 2.05) is 12.1 Å². The SMILES string of the molecule is CCCN(CC(C)(C)CN)c1ccnc(C#N)c1. The van der Waals surface area contributed by atoms with Gasteiger partial charge >= 0.3 is 0 Å². The maximum absolute atomic E-state index is 8.90. The number of hydrogen-bond acceptors (Lipinski definition) is 4. The highest BCUT2D eigenvalue weighted by molar-refractivity contribution is 5.48. The van der Waals surface area contributed by atoms with Crippen molar-refractivity contribution in [3.8, 4) is 6.07 Å². The molecule has 2 N–H and O–H groups in total. The lowest BCUT2D eigenvalue weighted by molar-refractivity contribution is 0.377. The zero-order valence-electron chi connectivity index (χ0n) is 11.5. The third kappa shape index (κ3) is 4.01. The summed E-state index contributed by atoms with van der Waals surface area (Å²) in [5.41, 5.74) is 7.36. The number of nitrogens with zero attached hydrogens (tertiary/aromatic N) is 3. The van der Waals surface area contributed by atoms with E-state index in [9.17, 15) is 0 Å². The van der Waals surface area contributed by atoms with Crippen LogP contribution in [0.15, 0.2) is 18.3 Å². The summed E-state index contributed by atoms with van der Waals surface area (Å²) in [6.07, 6.45) is 2.75. The van der Waals surface area contributed by atoms with Crippen molar-refractivity contribution in [2.75, 3.05) is 24.5 Å². The average molecular weight is 246 g/mol. The van der Waals surface area contributed by atoms with Crippen molar-refractivity contribution in [2.45, 2.75) is 27.2 Å². The van der Waals surface area contributed by atoms with Gasteiger partial charge in [0.25, 0.3) is 0 Å². The maximum atomic E-state index is 8.90. The lowest BCUT2D eigenvalue weighted by atomic mass is 9.93. The maximum Gasteiger partial charge on any atom is 0.142 e. The number of nitrogens with two attached hydrogens (primary N) is 1. The van der Waals surface area contributed by atoms with Crippen molar-refractivity contribution in [3.05, 3.63) is 24.0 Å². The lowest BCUT2D eigenvalue weighted by Gasteiger charge is -2.33. The molecule has 4 nitrogen and oxygen atoms in total. The molecule has 18 heavy (non-hydrogen) atoms. The standard InChI is InChI=1S/C14H22N4/c1-4-7-18(11-14(2,3)10-16)13-5-6-17-12(8-13)9-15/h5-6,8H,4,7,10-11,16H2,1-3H3. The summed E-state index contributed by atoms with van der Waals surface area (Å²) in [6, 6.07) is 5.86. The Morgan fingerprint density at radius 3 is 2.78 bits per heavy atom. The Hall–Kier alpha value is -1.60. The lowest BCUT2D eigenvalue weighted by Crippen LogP contribution is -2.39. The highest BCUT2D eigenvalue weighted by Gasteiger charge is 2.20. The second-order valence-corrected chi connectivity index (χ2v) is 5.30. The Balaban J connectivity index is 2.93. The molecule has 4 heteroatoms. The number of pyridine rings is 1. The van der Waals surface area contributed by atoms with Crippen LogP contribution in [0.1, 0.15) is 32.9 Å². The van der Waals surface area contributed by atoms with E-state index in [4.69, 9.17) is 11.0 Å². The number of anilines is 1. The average Bonchev–Trinajstić information content (AvgIpc) is 2.38. The van der Waals surface area contributed by atoms with Gasteiger partial charge in [0, 0.05) is 25.0 Å². The quantitative estimate of drug-likeness (QED) is 0.835. The van der Waals surface area contributed by atoms with Crippen LogP contribution in [0, 0.1) is 16.7 Å². The number of rotatable bonds is 6. The molecule has 98 valence electrons. The first-order valence-corrected chi connectivity index (χ1v) is 6.33. The minimum Gasteiger partial charge on any atom is -0.371 e. The summed E-state index contributed by atoms with van der Waals surface area (Å²) in [7, 11) is 0. The predicted molar refractivity (Wildman–Crippen MR) is 74.3 cm³/mol. The van der Waals surface area contributed by atoms with E-state index in [1.165, 1.54) is 0 Å². The molecule has 0 fully saturated rings. The molecule has 1 rings (SSSR count). The van der Waals surface area contributed by atoms with Crippen molar-refractivity contribution in [3.63, 3.8) is 0 Å². The van der Waals surface area contributed by atoms with Crippen molar-refractivity contribution in [2.24, 2.45) is 11.1 Å². The van der Waals surface area contributed by atoms with Crippen LogP contribution in [0.5, 0.6) is 0 Å². The van der Waals surface area contributed by atoms with Crippen LogP contribution in [0.25, 0.3) is 0 Å². The molecule has 0 bridgehead atoms. The first kappa shape index (κ1) is 14.5. The fourth-order valence-corrected chi connectivity index (χ4v) is 1.83. The van der Waals surface area contributed by atoms with Crippen LogP contribution in [-0.2, 0) is 0 Å². The Labute approximate surface area is 109 Å². The molecule has 0 amide bonds. The molecule has 0 spiro atoms. The zero-order valence-corrected chi connectivity index (χ0v) is 11.5. The first-order chi connectivity index (χ1) is 8.52. The van der Waals surface area contributed by atoms with Gasteiger partial charge in [-0.15, -0.1) is 0 Å². The number of nitriles is 1. The van der Waals surface area contributed by atoms with Gasteiger partial charge in [-0.3, -0.25) is 0 Å². The van der Waals surface area contributed by atoms with E-state index in [0.717, 1.165) is 25.2 Å². The van der Waals surface area contributed by atoms with E-state index in [-0.39, 0.29) is 5.41 Å². The van der Waals surface area contributed by atoms with Gasteiger partial charge in [-0.2, -0.15) is 5.26 Å². The number of aromatic nitrogens is 1. The molecular formula is C14H22N4. The van der Waals surface area contributed by atoms with Gasteiger partial charge in [0.2, 0.25) is 0 Å². The molecule has 0 saturated carbocycles. The van der Waals surface area contributed by atoms with Crippen molar-refractivity contribution < 1.29 is 0 Å². The summed E-state index contributed by atoms with van der Waals surface area (Å²) in [6.45, 7) is 8.94. The van der Waals surface area contributed by atoms with Gasteiger partial charge in [-0.25, -0.2) is 4.98 Å². The number of hydrogen-bond donors (Lipinski definition) is 1. The Kier molecular flexibility index (Phi) is 5.11. The highest BCUT2D eigenvalue weighted by Crippen LogP contribution is 2.21. The molecule has 0 radical (unpaired) electrons. The van der Waals surface area contributed by atoms with Crippen molar-refractivity contribution in [1.29, 1.82) is 5.26 Å². The summed E-state index contributed by atoms with van der Waals surface area (Å²) in [4.78, 5) is 6.28. The van der Waals surface area contributed by atoms with E-state index in [1.54, 1.807) is 6.20 Å². The molecule has 0 aliphatic rings. The molecule has 0 saturated heterocycles. The van der Waals surface area contributed by atoms with Crippen LogP contribution < -0.4 is 10.6 Å². The van der Waals surface area contributed by atoms with Crippen LogP contribution in [0.4, 0.5) is 5.69 Å². The molecule has 1 aromatic rings. The van der Waals surface area contributed by atoms with Crippen molar-refractivity contribution in [1.82, 2.24) is 4.98 Å². The van der Waals surface area contributed by atoms with E-state index < -0.39 is 0 Å². The molecule has 0 unspecified atom stereocenters. The van der Waals surface area contributed by atoms with Gasteiger partial charge in [0.05, 0.1) is 0 Å². The second-order valence-electron chi connectivity index (χ2n) is 5.30. The van der Waals surface area contributed by atoms with E-state index in [2.05, 4.69) is 36.7 Å². The fourth-order valence-electron chi connectivity index (χ4n) is 1.83. The summed E-state index contributed by atoms with van der Waals surface area (Å²) < 4.78 is 0. The third-order valence-corrected chi connectivity index (χ3v) is 2.89. The van der Waals surface area contributed by atoms with Crippen molar-refractivity contribution >= 4 is 5.69 Å². The Bertz CT molecular complexity index is 420. The smallest absolute Gasteiger partial charge is 0.142 e. The molecule has 0 aliphatic carbocycles. The summed E-state index contributed by atoms with van der Waals surface area (Å²) in [5, 5.41) is 8.90. The second kappa shape index (κ2) is 6.36. The van der Waals surface area contributed by atoms with Gasteiger partial charge in [0.1, 0.15) is 11.8 Å². The minimum atomic E-state index is 0.0608. The molecule has 0 aromatic carbocycles. The largest absolute Gasteiger partial charge is 0.371 e. The van der Waals surface area contributed by atoms with Gasteiger partial charge < -0.3 is 10.6 Å². The molecule has 1 heterocycles. The van der Waals surface area contributed by atoms with Crippen LogP contribution in [0.2, 0.25) is 0 Å². The van der Waals surface area contributed by atoms with Crippen LogP contribution in [-0.4, -0.2) is 24.6 Å².